The Morgan fingerprint density at radius 2 is 1.88 bits per heavy atom. The summed E-state index contributed by atoms with van der Waals surface area (Å²) in [6.07, 6.45) is 2.28. The summed E-state index contributed by atoms with van der Waals surface area (Å²) in [5, 5.41) is 0. The number of Topliss-reactive ketones (excluding diaryl/α,β-unsaturated/α-hetero) is 1. The third kappa shape index (κ3) is 2.38. The number of carbonyl (C=O) groups is 2. The summed E-state index contributed by atoms with van der Waals surface area (Å²) in [6, 6.07) is 0. The number of hydrogen-bond acceptors (Lipinski definition) is 3. The first-order valence-corrected chi connectivity index (χ1v) is 6.44. The average molecular weight is 240 g/mol. The summed E-state index contributed by atoms with van der Waals surface area (Å²) in [5.41, 5.74) is -0.386. The van der Waals surface area contributed by atoms with E-state index in [4.69, 9.17) is 4.74 Å². The number of hydrogen-bond donors (Lipinski definition) is 0. The summed E-state index contributed by atoms with van der Waals surface area (Å²) < 4.78 is 4.97. The molecule has 1 fully saturated rings. The molecular weight excluding hydrogens is 216 g/mol. The summed E-state index contributed by atoms with van der Waals surface area (Å²) in [7, 11) is 0. The molecule has 2 atom stereocenters. The van der Waals surface area contributed by atoms with Gasteiger partial charge in [-0.15, -0.1) is 0 Å². The van der Waals surface area contributed by atoms with Gasteiger partial charge in [-0.25, -0.2) is 0 Å². The predicted octanol–water partition coefficient (Wildman–Crippen LogP) is 2.97. The van der Waals surface area contributed by atoms with Gasteiger partial charge in [0.15, 0.2) is 12.4 Å². The highest BCUT2D eigenvalue weighted by atomic mass is 16.5. The SMILES string of the molecule is CCC(=O)OCC(=O)[C@]1(C)CC[C@H](C)C1(C)C. The molecule has 0 N–H and O–H groups in total. The van der Waals surface area contributed by atoms with Gasteiger partial charge in [0, 0.05) is 11.8 Å². The summed E-state index contributed by atoms with van der Waals surface area (Å²) in [5.74, 6) is 0.290. The Morgan fingerprint density at radius 3 is 2.29 bits per heavy atom. The standard InChI is InChI=1S/C14H24O3/c1-6-12(16)17-9-11(15)14(5)8-7-10(2)13(14,3)4/h10H,6-9H2,1-5H3/t10-,14-/m0/s1. The van der Waals surface area contributed by atoms with Crippen molar-refractivity contribution in [1.82, 2.24) is 0 Å². The Labute approximate surface area is 104 Å². The first-order valence-electron chi connectivity index (χ1n) is 6.44. The van der Waals surface area contributed by atoms with Gasteiger partial charge < -0.3 is 4.74 Å². The first-order chi connectivity index (χ1) is 7.75. The minimum Gasteiger partial charge on any atom is -0.458 e. The van der Waals surface area contributed by atoms with Gasteiger partial charge in [0.1, 0.15) is 0 Å². The van der Waals surface area contributed by atoms with Crippen LogP contribution < -0.4 is 0 Å². The van der Waals surface area contributed by atoms with Crippen LogP contribution in [-0.2, 0) is 14.3 Å². The molecular formula is C14H24O3. The highest BCUT2D eigenvalue weighted by Gasteiger charge is 2.53. The van der Waals surface area contributed by atoms with E-state index in [1.54, 1.807) is 6.92 Å². The van der Waals surface area contributed by atoms with Gasteiger partial charge in [0.25, 0.3) is 0 Å². The Morgan fingerprint density at radius 1 is 1.29 bits per heavy atom. The normalized spacial score (nSPS) is 31.2. The van der Waals surface area contributed by atoms with Gasteiger partial charge in [0.05, 0.1) is 0 Å². The summed E-state index contributed by atoms with van der Waals surface area (Å²) in [4.78, 5) is 23.4. The van der Waals surface area contributed by atoms with E-state index >= 15 is 0 Å². The van der Waals surface area contributed by atoms with Crippen LogP contribution >= 0.6 is 0 Å². The molecule has 1 aliphatic rings. The van der Waals surface area contributed by atoms with Crippen molar-refractivity contribution >= 4 is 11.8 Å². The lowest BCUT2D eigenvalue weighted by Crippen LogP contribution is -2.42. The van der Waals surface area contributed by atoms with Crippen molar-refractivity contribution in [2.75, 3.05) is 6.61 Å². The molecule has 3 nitrogen and oxygen atoms in total. The number of rotatable bonds is 4. The Balaban J connectivity index is 2.71. The van der Waals surface area contributed by atoms with E-state index in [0.29, 0.717) is 12.3 Å². The van der Waals surface area contributed by atoms with Crippen molar-refractivity contribution in [2.24, 2.45) is 16.7 Å². The molecule has 0 aromatic rings. The van der Waals surface area contributed by atoms with E-state index in [1.807, 2.05) is 6.92 Å². The van der Waals surface area contributed by atoms with Crippen LogP contribution in [0.5, 0.6) is 0 Å². The molecule has 0 heterocycles. The second-order valence-corrected chi connectivity index (χ2v) is 5.93. The smallest absolute Gasteiger partial charge is 0.305 e. The fourth-order valence-electron chi connectivity index (χ4n) is 2.64. The summed E-state index contributed by atoms with van der Waals surface area (Å²) >= 11 is 0. The molecule has 0 spiro atoms. The Bertz CT molecular complexity index is 319. The maximum absolute atomic E-state index is 12.3. The van der Waals surface area contributed by atoms with E-state index in [-0.39, 0.29) is 29.2 Å². The van der Waals surface area contributed by atoms with Crippen molar-refractivity contribution in [2.45, 2.75) is 53.9 Å². The Hall–Kier alpha value is -0.860. The largest absolute Gasteiger partial charge is 0.458 e. The average Bonchev–Trinajstić information content (AvgIpc) is 2.50. The number of ether oxygens (including phenoxy) is 1. The lowest BCUT2D eigenvalue weighted by molar-refractivity contribution is -0.152. The van der Waals surface area contributed by atoms with Gasteiger partial charge in [-0.2, -0.15) is 0 Å². The van der Waals surface area contributed by atoms with Crippen LogP contribution in [-0.4, -0.2) is 18.4 Å². The molecule has 0 aromatic heterocycles. The van der Waals surface area contributed by atoms with Crippen molar-refractivity contribution in [1.29, 1.82) is 0 Å². The molecule has 0 unspecified atom stereocenters. The molecule has 0 aliphatic heterocycles. The highest BCUT2D eigenvalue weighted by molar-refractivity contribution is 5.88. The molecule has 3 heteroatoms. The fourth-order valence-corrected chi connectivity index (χ4v) is 2.64. The van der Waals surface area contributed by atoms with Gasteiger partial charge in [0.2, 0.25) is 0 Å². The van der Waals surface area contributed by atoms with Gasteiger partial charge in [-0.3, -0.25) is 9.59 Å². The van der Waals surface area contributed by atoms with Crippen LogP contribution in [0, 0.1) is 16.7 Å². The van der Waals surface area contributed by atoms with Gasteiger partial charge >= 0.3 is 5.97 Å². The predicted molar refractivity (Wildman–Crippen MR) is 66.5 cm³/mol. The van der Waals surface area contributed by atoms with E-state index < -0.39 is 0 Å². The minimum absolute atomic E-state index is 0.0251. The van der Waals surface area contributed by atoms with E-state index in [2.05, 4.69) is 20.8 Å². The summed E-state index contributed by atoms with van der Waals surface area (Å²) in [6.45, 7) is 10.2. The molecule has 17 heavy (non-hydrogen) atoms. The Kier molecular flexibility index (Phi) is 4.00. The van der Waals surface area contributed by atoms with Gasteiger partial charge in [-0.1, -0.05) is 34.6 Å². The van der Waals surface area contributed by atoms with E-state index in [1.165, 1.54) is 0 Å². The lowest BCUT2D eigenvalue weighted by atomic mass is 9.64. The molecule has 98 valence electrons. The molecule has 1 saturated carbocycles. The van der Waals surface area contributed by atoms with Crippen LogP contribution in [0.1, 0.15) is 53.9 Å². The molecule has 1 rings (SSSR count). The lowest BCUT2D eigenvalue weighted by Gasteiger charge is -2.39. The zero-order chi connectivity index (χ0) is 13.3. The van der Waals surface area contributed by atoms with Crippen molar-refractivity contribution < 1.29 is 14.3 Å². The number of carbonyl (C=O) groups excluding carboxylic acids is 2. The molecule has 0 amide bonds. The van der Waals surface area contributed by atoms with Crippen LogP contribution in [0.2, 0.25) is 0 Å². The van der Waals surface area contributed by atoms with Crippen molar-refractivity contribution in [3.05, 3.63) is 0 Å². The number of ketones is 1. The first kappa shape index (κ1) is 14.2. The molecule has 0 aromatic carbocycles. The topological polar surface area (TPSA) is 43.4 Å². The molecule has 0 bridgehead atoms. The third-order valence-corrected chi connectivity index (χ3v) is 5.00. The number of esters is 1. The van der Waals surface area contributed by atoms with Crippen LogP contribution in [0.4, 0.5) is 0 Å². The van der Waals surface area contributed by atoms with Crippen LogP contribution in [0.25, 0.3) is 0 Å². The second-order valence-electron chi connectivity index (χ2n) is 5.93. The fraction of sp³-hybridized carbons (Fsp3) is 0.857. The maximum atomic E-state index is 12.3. The van der Waals surface area contributed by atoms with Crippen LogP contribution in [0.3, 0.4) is 0 Å². The molecule has 1 aliphatic carbocycles. The van der Waals surface area contributed by atoms with Crippen molar-refractivity contribution in [3.63, 3.8) is 0 Å². The molecule has 0 saturated heterocycles. The zero-order valence-electron chi connectivity index (χ0n) is 11.6. The monoisotopic (exact) mass is 240 g/mol. The highest BCUT2D eigenvalue weighted by Crippen LogP contribution is 2.56. The zero-order valence-corrected chi connectivity index (χ0v) is 11.6. The quantitative estimate of drug-likeness (QED) is 0.709. The minimum atomic E-state index is -0.361. The third-order valence-electron chi connectivity index (χ3n) is 5.00. The maximum Gasteiger partial charge on any atom is 0.305 e. The van der Waals surface area contributed by atoms with Crippen LogP contribution in [0.15, 0.2) is 0 Å². The molecule has 0 radical (unpaired) electrons. The van der Waals surface area contributed by atoms with E-state index in [9.17, 15) is 9.59 Å². The van der Waals surface area contributed by atoms with Gasteiger partial charge in [-0.05, 0) is 24.2 Å². The van der Waals surface area contributed by atoms with Crippen molar-refractivity contribution in [3.8, 4) is 0 Å². The van der Waals surface area contributed by atoms with E-state index in [0.717, 1.165) is 12.8 Å². The second kappa shape index (κ2) is 4.79.